The third-order valence-electron chi connectivity index (χ3n) is 14.7. The van der Waals surface area contributed by atoms with Gasteiger partial charge in [0.2, 0.25) is 10.0 Å². The van der Waals surface area contributed by atoms with Crippen molar-refractivity contribution in [2.45, 2.75) is 246 Å². The topological polar surface area (TPSA) is 149 Å². The van der Waals surface area contributed by atoms with Crippen molar-refractivity contribution in [3.05, 3.63) is 0 Å². The van der Waals surface area contributed by atoms with Crippen LogP contribution < -0.4 is 0 Å². The molecule has 1 N–H and O–H groups in total. The standard InChI is InChI=1S/C59H117N5O9S/c1-6-11-13-15-17-19-21-23-25-27-29-31-33-35-37-39-41-64(42-40-38-36-34-32-30-28-26-24-22-20-18-16-14-12-7-2)74(69,70)55-56(65)51-60-43-45-61(52-57(66)71-8-3)47-49-63(54-59(68)73-10-5)50-48-62(46-44-60)53-58(67)72-9-4/h56,65H,6-55H2,1-5H3. The Balaban J connectivity index is 2.92. The molecule has 74 heavy (non-hydrogen) atoms. The van der Waals surface area contributed by atoms with E-state index in [-0.39, 0.29) is 69.7 Å². The van der Waals surface area contributed by atoms with Gasteiger partial charge in [-0.3, -0.25) is 34.0 Å². The van der Waals surface area contributed by atoms with Gasteiger partial charge in [-0.15, -0.1) is 0 Å². The van der Waals surface area contributed by atoms with E-state index in [0.29, 0.717) is 65.4 Å². The molecular formula is C59H117N5O9S. The third-order valence-corrected chi connectivity index (χ3v) is 16.6. The van der Waals surface area contributed by atoms with Crippen molar-refractivity contribution in [1.82, 2.24) is 23.9 Å². The summed E-state index contributed by atoms with van der Waals surface area (Å²) in [5.41, 5.74) is 0. The Morgan fingerprint density at radius 3 is 0.865 bits per heavy atom. The summed E-state index contributed by atoms with van der Waals surface area (Å²) in [6.07, 6.45) is 39.4. The zero-order valence-corrected chi connectivity index (χ0v) is 49.6. The first kappa shape index (κ1) is 70.1. The first-order chi connectivity index (χ1) is 36.0. The van der Waals surface area contributed by atoms with Crippen LogP contribution in [0.25, 0.3) is 0 Å². The Bertz CT molecular complexity index is 1360. The van der Waals surface area contributed by atoms with Gasteiger partial charge >= 0.3 is 17.9 Å². The Kier molecular flexibility index (Phi) is 46.8. The maximum absolute atomic E-state index is 14.3. The molecule has 0 radical (unpaired) electrons. The largest absolute Gasteiger partial charge is 0.465 e. The lowest BCUT2D eigenvalue weighted by Gasteiger charge is -2.34. The van der Waals surface area contributed by atoms with Gasteiger partial charge in [-0.2, -0.15) is 0 Å². The molecule has 0 bridgehead atoms. The number of rotatable bonds is 48. The number of sulfonamides is 1. The highest BCUT2D eigenvalue weighted by atomic mass is 32.2. The van der Waals surface area contributed by atoms with E-state index in [0.717, 1.165) is 38.5 Å². The van der Waals surface area contributed by atoms with Crippen LogP contribution >= 0.6 is 0 Å². The second-order valence-corrected chi connectivity index (χ2v) is 23.5. The number of carbonyl (C=O) groups is 3. The summed E-state index contributed by atoms with van der Waals surface area (Å²) in [6, 6.07) is 0. The van der Waals surface area contributed by atoms with Crippen LogP contribution in [0.15, 0.2) is 0 Å². The van der Waals surface area contributed by atoms with Crippen LogP contribution in [-0.4, -0.2) is 179 Å². The van der Waals surface area contributed by atoms with Gasteiger partial charge in [0.05, 0.1) is 51.3 Å². The Labute approximate surface area is 455 Å². The fourth-order valence-corrected chi connectivity index (χ4v) is 11.8. The van der Waals surface area contributed by atoms with E-state index < -0.39 is 16.1 Å². The van der Waals surface area contributed by atoms with Crippen molar-refractivity contribution in [1.29, 1.82) is 0 Å². The van der Waals surface area contributed by atoms with Crippen LogP contribution in [0.2, 0.25) is 0 Å². The van der Waals surface area contributed by atoms with Crippen LogP contribution in [0.5, 0.6) is 0 Å². The summed E-state index contributed by atoms with van der Waals surface area (Å²) >= 11 is 0. The van der Waals surface area contributed by atoms with Crippen molar-refractivity contribution >= 4 is 27.9 Å². The van der Waals surface area contributed by atoms with Crippen LogP contribution in [-0.2, 0) is 38.6 Å². The first-order valence-electron chi connectivity index (χ1n) is 31.0. The van der Waals surface area contributed by atoms with Gasteiger partial charge < -0.3 is 19.3 Å². The number of unbranched alkanes of at least 4 members (excludes halogenated alkanes) is 30. The fraction of sp³-hybridized carbons (Fsp3) is 0.949. The van der Waals surface area contributed by atoms with Crippen molar-refractivity contribution in [3.63, 3.8) is 0 Å². The number of β-amino-alcohol motifs (C(OH)–C–C–N with tert-alkyl or cyclic N) is 1. The molecule has 0 aliphatic carbocycles. The number of esters is 3. The molecule has 1 fully saturated rings. The second kappa shape index (κ2) is 49.4. The molecule has 438 valence electrons. The number of hydrogen-bond acceptors (Lipinski definition) is 13. The van der Waals surface area contributed by atoms with Crippen molar-refractivity contribution in [2.75, 3.05) is 117 Å². The van der Waals surface area contributed by atoms with E-state index >= 15 is 0 Å². The lowest BCUT2D eigenvalue weighted by molar-refractivity contribution is -0.146. The number of aliphatic hydroxyl groups excluding tert-OH is 1. The molecule has 1 heterocycles. The van der Waals surface area contributed by atoms with Gasteiger partial charge in [-0.05, 0) is 33.6 Å². The van der Waals surface area contributed by atoms with Gasteiger partial charge in [0.15, 0.2) is 0 Å². The van der Waals surface area contributed by atoms with Crippen LogP contribution in [0.1, 0.15) is 240 Å². The predicted octanol–water partition coefficient (Wildman–Crippen LogP) is 11.4. The molecule has 1 atom stereocenters. The smallest absolute Gasteiger partial charge is 0.320 e. The number of aliphatic hydroxyl groups is 1. The van der Waals surface area contributed by atoms with Gasteiger partial charge in [0.25, 0.3) is 0 Å². The predicted molar refractivity (Wildman–Crippen MR) is 306 cm³/mol. The van der Waals surface area contributed by atoms with Gasteiger partial charge in [-0.25, -0.2) is 12.7 Å². The Morgan fingerprint density at radius 2 is 0.622 bits per heavy atom. The van der Waals surface area contributed by atoms with E-state index in [1.807, 2.05) is 19.6 Å². The Hall–Kier alpha value is -1.88. The average molecular weight is 1070 g/mol. The first-order valence-corrected chi connectivity index (χ1v) is 32.6. The zero-order valence-electron chi connectivity index (χ0n) is 48.8. The summed E-state index contributed by atoms with van der Waals surface area (Å²) in [6.45, 7) is 15.7. The normalized spacial score (nSPS) is 15.5. The molecule has 0 aromatic rings. The second-order valence-electron chi connectivity index (χ2n) is 21.5. The maximum atomic E-state index is 14.3. The summed E-state index contributed by atoms with van der Waals surface area (Å²) in [5.74, 6) is -1.38. The molecule has 1 unspecified atom stereocenters. The number of nitrogens with zero attached hydrogens (tertiary/aromatic N) is 5. The monoisotopic (exact) mass is 1070 g/mol. The number of ether oxygens (including phenoxy) is 3. The van der Waals surface area contributed by atoms with Crippen molar-refractivity contribution in [3.8, 4) is 0 Å². The lowest BCUT2D eigenvalue weighted by Crippen LogP contribution is -2.50. The van der Waals surface area contributed by atoms with Crippen LogP contribution in [0.3, 0.4) is 0 Å². The van der Waals surface area contributed by atoms with Gasteiger partial charge in [-0.1, -0.05) is 206 Å². The molecule has 0 aromatic heterocycles. The molecule has 15 heteroatoms. The van der Waals surface area contributed by atoms with Gasteiger partial charge in [0.1, 0.15) is 0 Å². The molecule has 1 rings (SSSR count). The third kappa shape index (κ3) is 41.2. The fourth-order valence-electron chi connectivity index (χ4n) is 10.2. The van der Waals surface area contributed by atoms with Crippen molar-refractivity contribution in [2.24, 2.45) is 0 Å². The summed E-state index contributed by atoms with van der Waals surface area (Å²) in [7, 11) is -3.77. The van der Waals surface area contributed by atoms with Gasteiger partial charge in [0, 0.05) is 72.0 Å². The number of hydrogen-bond donors (Lipinski definition) is 1. The molecular weight excluding hydrogens is 955 g/mol. The lowest BCUT2D eigenvalue weighted by atomic mass is 10.0. The van der Waals surface area contributed by atoms with E-state index in [2.05, 4.69) is 13.8 Å². The highest BCUT2D eigenvalue weighted by Crippen LogP contribution is 2.18. The van der Waals surface area contributed by atoms with E-state index in [4.69, 9.17) is 14.2 Å². The minimum absolute atomic E-state index is 0.0640. The van der Waals surface area contributed by atoms with Crippen molar-refractivity contribution < 1.29 is 42.1 Å². The minimum Gasteiger partial charge on any atom is -0.465 e. The quantitative estimate of drug-likeness (QED) is 0.0350. The molecule has 14 nitrogen and oxygen atoms in total. The molecule has 0 saturated carbocycles. The molecule has 0 spiro atoms. The zero-order chi connectivity index (χ0) is 54.2. The molecule has 0 amide bonds. The van der Waals surface area contributed by atoms with E-state index in [9.17, 15) is 27.9 Å². The van der Waals surface area contributed by atoms with Crippen LogP contribution in [0.4, 0.5) is 0 Å². The van der Waals surface area contributed by atoms with Crippen LogP contribution in [0, 0.1) is 0 Å². The average Bonchev–Trinajstić information content (AvgIpc) is 3.36. The Morgan fingerprint density at radius 1 is 0.392 bits per heavy atom. The molecule has 1 aliphatic rings. The summed E-state index contributed by atoms with van der Waals surface area (Å²) in [5, 5.41) is 11.7. The minimum atomic E-state index is -3.77. The van der Waals surface area contributed by atoms with E-state index in [1.54, 1.807) is 25.1 Å². The molecule has 1 saturated heterocycles. The maximum Gasteiger partial charge on any atom is 0.320 e. The highest BCUT2D eigenvalue weighted by Gasteiger charge is 2.28. The van der Waals surface area contributed by atoms with E-state index in [1.165, 1.54) is 167 Å². The highest BCUT2D eigenvalue weighted by molar-refractivity contribution is 7.89. The SMILES string of the molecule is CCCCCCCCCCCCCCCCCCN(CCCCCCCCCCCCCCCCCC)S(=O)(=O)CC(O)CN1CCN(CC(=O)OCC)CCN(CC(=O)OCC)CCN(CC(=O)OCC)CC1. The molecule has 1 aliphatic heterocycles. The molecule has 0 aromatic carbocycles. The number of carbonyl (C=O) groups excluding carboxylic acids is 3. The summed E-state index contributed by atoms with van der Waals surface area (Å²) in [4.78, 5) is 46.1. The summed E-state index contributed by atoms with van der Waals surface area (Å²) < 4.78 is 46.1.